The molecule has 0 heterocycles. The van der Waals surface area contributed by atoms with Crippen molar-refractivity contribution < 1.29 is 0 Å². The van der Waals surface area contributed by atoms with Crippen molar-refractivity contribution in [2.24, 2.45) is 10.9 Å². The smallest absolute Gasteiger partial charge is 0.191 e. The molecule has 3 rings (SSSR count). The highest BCUT2D eigenvalue weighted by atomic mass is 15.2. The van der Waals surface area contributed by atoms with E-state index in [4.69, 9.17) is 4.99 Å². The Morgan fingerprint density at radius 1 is 1.24 bits per heavy atom. The molecule has 0 aliphatic heterocycles. The van der Waals surface area contributed by atoms with Crippen LogP contribution in [0.2, 0.25) is 0 Å². The number of hydrogen-bond acceptors (Lipinski definition) is 1. The average molecular weight is 285 g/mol. The second-order valence-corrected chi connectivity index (χ2v) is 6.61. The van der Waals surface area contributed by atoms with Crippen molar-refractivity contribution in [3.8, 4) is 0 Å². The second kappa shape index (κ2) is 6.08. The summed E-state index contributed by atoms with van der Waals surface area (Å²) in [4.78, 5) is 4.86. The first-order valence-electron chi connectivity index (χ1n) is 8.32. The van der Waals surface area contributed by atoms with E-state index in [0.717, 1.165) is 31.5 Å². The summed E-state index contributed by atoms with van der Waals surface area (Å²) in [5.74, 6) is 1.87. The van der Waals surface area contributed by atoms with Gasteiger partial charge in [-0.2, -0.15) is 0 Å². The van der Waals surface area contributed by atoms with Crippen molar-refractivity contribution in [2.75, 3.05) is 19.6 Å². The van der Waals surface area contributed by atoms with Gasteiger partial charge in [0.15, 0.2) is 5.96 Å². The van der Waals surface area contributed by atoms with E-state index in [2.05, 4.69) is 48.7 Å². The lowest BCUT2D eigenvalue weighted by atomic mass is 9.92. The number of aliphatic imine (C=N–C) groups is 1. The summed E-state index contributed by atoms with van der Waals surface area (Å²) in [6.45, 7) is 7.24. The largest absolute Gasteiger partial charge is 0.357 e. The molecule has 2 fully saturated rings. The van der Waals surface area contributed by atoms with Crippen molar-refractivity contribution in [1.82, 2.24) is 10.6 Å². The van der Waals surface area contributed by atoms with Gasteiger partial charge >= 0.3 is 0 Å². The second-order valence-electron chi connectivity index (χ2n) is 6.61. The standard InChI is InChI=1S/C18H27N3/c1-3-19-17(20-12-15-8-9-15)21-13-18(10-11-18)16-7-5-4-6-14(16)2/h4-7,15H,3,8-13H2,1-2H3,(H2,19,20,21). The van der Waals surface area contributed by atoms with E-state index in [1.165, 1.54) is 36.8 Å². The first-order valence-corrected chi connectivity index (χ1v) is 8.32. The Morgan fingerprint density at radius 2 is 2.00 bits per heavy atom. The number of benzene rings is 1. The van der Waals surface area contributed by atoms with Crippen molar-refractivity contribution in [3.63, 3.8) is 0 Å². The summed E-state index contributed by atoms with van der Waals surface area (Å²) in [5.41, 5.74) is 3.20. The van der Waals surface area contributed by atoms with Gasteiger partial charge in [0.25, 0.3) is 0 Å². The molecule has 3 nitrogen and oxygen atoms in total. The van der Waals surface area contributed by atoms with Crippen molar-refractivity contribution >= 4 is 5.96 Å². The maximum atomic E-state index is 4.86. The van der Waals surface area contributed by atoms with E-state index in [1.54, 1.807) is 0 Å². The molecule has 1 aromatic rings. The van der Waals surface area contributed by atoms with Gasteiger partial charge in [-0.3, -0.25) is 4.99 Å². The minimum absolute atomic E-state index is 0.299. The van der Waals surface area contributed by atoms with Crippen LogP contribution in [0, 0.1) is 12.8 Å². The molecule has 0 radical (unpaired) electrons. The summed E-state index contributed by atoms with van der Waals surface area (Å²) in [5, 5.41) is 6.86. The monoisotopic (exact) mass is 285 g/mol. The highest BCUT2D eigenvalue weighted by Gasteiger charge is 2.44. The molecule has 0 amide bonds. The van der Waals surface area contributed by atoms with Crippen LogP contribution < -0.4 is 10.6 Å². The molecule has 3 heteroatoms. The van der Waals surface area contributed by atoms with Crippen LogP contribution in [0.5, 0.6) is 0 Å². The minimum atomic E-state index is 0.299. The predicted molar refractivity (Wildman–Crippen MR) is 88.8 cm³/mol. The Balaban J connectivity index is 1.65. The summed E-state index contributed by atoms with van der Waals surface area (Å²) < 4.78 is 0. The molecule has 21 heavy (non-hydrogen) atoms. The maximum absolute atomic E-state index is 4.86. The Kier molecular flexibility index (Phi) is 4.18. The third-order valence-electron chi connectivity index (χ3n) is 4.71. The van der Waals surface area contributed by atoms with Gasteiger partial charge < -0.3 is 10.6 Å². The Hall–Kier alpha value is -1.51. The average Bonchev–Trinajstić information content (AvgIpc) is 3.37. The zero-order chi connectivity index (χ0) is 14.7. The van der Waals surface area contributed by atoms with Gasteiger partial charge in [0.05, 0.1) is 6.54 Å². The van der Waals surface area contributed by atoms with Crippen LogP contribution >= 0.6 is 0 Å². The zero-order valence-electron chi connectivity index (χ0n) is 13.3. The first-order chi connectivity index (χ1) is 10.2. The van der Waals surface area contributed by atoms with Gasteiger partial charge in [0.1, 0.15) is 0 Å². The molecule has 0 bridgehead atoms. The molecule has 2 aliphatic rings. The number of nitrogens with one attached hydrogen (secondary N) is 2. The van der Waals surface area contributed by atoms with Crippen molar-refractivity contribution in [3.05, 3.63) is 35.4 Å². The molecule has 0 saturated heterocycles. The molecule has 2 N–H and O–H groups in total. The summed E-state index contributed by atoms with van der Waals surface area (Å²) in [6.07, 6.45) is 5.28. The molecular formula is C18H27N3. The number of guanidine groups is 1. The van der Waals surface area contributed by atoms with E-state index >= 15 is 0 Å². The van der Waals surface area contributed by atoms with E-state index in [1.807, 2.05) is 0 Å². The molecule has 114 valence electrons. The Labute approximate surface area is 128 Å². The van der Waals surface area contributed by atoms with Crippen LogP contribution in [0.25, 0.3) is 0 Å². The van der Waals surface area contributed by atoms with Crippen molar-refractivity contribution in [1.29, 1.82) is 0 Å². The van der Waals surface area contributed by atoms with Gasteiger partial charge in [-0.25, -0.2) is 0 Å². The van der Waals surface area contributed by atoms with E-state index < -0.39 is 0 Å². The van der Waals surface area contributed by atoms with Gasteiger partial charge in [0.2, 0.25) is 0 Å². The number of aryl methyl sites for hydroxylation is 1. The SMILES string of the molecule is CCNC(=NCC1(c2ccccc2C)CC1)NCC1CC1. The van der Waals surface area contributed by atoms with E-state index in [0.29, 0.717) is 5.41 Å². The van der Waals surface area contributed by atoms with Gasteiger partial charge in [-0.05, 0) is 56.6 Å². The Bertz CT molecular complexity index is 513. The molecule has 0 atom stereocenters. The maximum Gasteiger partial charge on any atom is 0.191 e. The molecule has 0 unspecified atom stereocenters. The molecule has 2 aliphatic carbocycles. The fraction of sp³-hybridized carbons (Fsp3) is 0.611. The number of nitrogens with zero attached hydrogens (tertiary/aromatic N) is 1. The van der Waals surface area contributed by atoms with E-state index in [9.17, 15) is 0 Å². The highest BCUT2D eigenvalue weighted by molar-refractivity contribution is 5.79. The quantitative estimate of drug-likeness (QED) is 0.623. The van der Waals surface area contributed by atoms with Gasteiger partial charge in [-0.15, -0.1) is 0 Å². The molecule has 0 spiro atoms. The lowest BCUT2D eigenvalue weighted by Gasteiger charge is -2.17. The molecule has 2 saturated carbocycles. The number of hydrogen-bond donors (Lipinski definition) is 2. The fourth-order valence-corrected chi connectivity index (χ4v) is 2.97. The van der Waals surface area contributed by atoms with E-state index in [-0.39, 0.29) is 0 Å². The topological polar surface area (TPSA) is 36.4 Å². The number of rotatable bonds is 6. The molecule has 1 aromatic carbocycles. The van der Waals surface area contributed by atoms with Gasteiger partial charge in [0, 0.05) is 18.5 Å². The lowest BCUT2D eigenvalue weighted by molar-refractivity contribution is 0.681. The summed E-state index contributed by atoms with van der Waals surface area (Å²) in [7, 11) is 0. The minimum Gasteiger partial charge on any atom is -0.357 e. The highest BCUT2D eigenvalue weighted by Crippen LogP contribution is 2.49. The van der Waals surface area contributed by atoms with Gasteiger partial charge in [-0.1, -0.05) is 24.3 Å². The van der Waals surface area contributed by atoms with Crippen LogP contribution in [0.4, 0.5) is 0 Å². The van der Waals surface area contributed by atoms with Crippen LogP contribution in [-0.4, -0.2) is 25.6 Å². The molecule has 0 aromatic heterocycles. The summed E-state index contributed by atoms with van der Waals surface area (Å²) >= 11 is 0. The van der Waals surface area contributed by atoms with Crippen LogP contribution in [0.15, 0.2) is 29.3 Å². The molecular weight excluding hydrogens is 258 g/mol. The van der Waals surface area contributed by atoms with Crippen LogP contribution in [0.3, 0.4) is 0 Å². The third kappa shape index (κ3) is 3.58. The lowest BCUT2D eigenvalue weighted by Crippen LogP contribution is -2.39. The zero-order valence-corrected chi connectivity index (χ0v) is 13.3. The first kappa shape index (κ1) is 14.4. The van der Waals surface area contributed by atoms with Crippen LogP contribution in [0.1, 0.15) is 43.7 Å². The third-order valence-corrected chi connectivity index (χ3v) is 4.71. The Morgan fingerprint density at radius 3 is 2.62 bits per heavy atom. The fourth-order valence-electron chi connectivity index (χ4n) is 2.97. The normalized spacial score (nSPS) is 20.2. The van der Waals surface area contributed by atoms with Crippen LogP contribution in [-0.2, 0) is 5.41 Å². The van der Waals surface area contributed by atoms with Crippen molar-refractivity contribution in [2.45, 2.75) is 44.9 Å². The summed E-state index contributed by atoms with van der Waals surface area (Å²) in [6, 6.07) is 8.78. The predicted octanol–water partition coefficient (Wildman–Crippen LogP) is 2.99.